The zero-order chi connectivity index (χ0) is 13.1. The standard InChI is InChI=1S/C15H14BrClO/c1-10-3-4-12(7-11(10)2)9-18-15-8-13(16)5-6-14(15)17/h3-8H,9H2,1-2H3. The van der Waals surface area contributed by atoms with Crippen molar-refractivity contribution in [1.82, 2.24) is 0 Å². The Kier molecular flexibility index (Phi) is 4.31. The molecule has 2 aromatic carbocycles. The first kappa shape index (κ1) is 13.4. The van der Waals surface area contributed by atoms with E-state index in [0.717, 1.165) is 10.0 Å². The van der Waals surface area contributed by atoms with Crippen LogP contribution < -0.4 is 4.74 Å². The van der Waals surface area contributed by atoms with Gasteiger partial charge in [0.15, 0.2) is 0 Å². The summed E-state index contributed by atoms with van der Waals surface area (Å²) in [5.41, 5.74) is 3.71. The Bertz CT molecular complexity index is 566. The molecule has 0 radical (unpaired) electrons. The predicted octanol–water partition coefficient (Wildman–Crippen LogP) is 5.30. The highest BCUT2D eigenvalue weighted by molar-refractivity contribution is 9.10. The van der Waals surface area contributed by atoms with Gasteiger partial charge in [0.2, 0.25) is 0 Å². The number of ether oxygens (including phenoxy) is 1. The van der Waals surface area contributed by atoms with E-state index in [4.69, 9.17) is 16.3 Å². The Labute approximate surface area is 121 Å². The molecule has 0 spiro atoms. The smallest absolute Gasteiger partial charge is 0.139 e. The monoisotopic (exact) mass is 324 g/mol. The van der Waals surface area contributed by atoms with Crippen LogP contribution in [0.5, 0.6) is 5.75 Å². The summed E-state index contributed by atoms with van der Waals surface area (Å²) in [7, 11) is 0. The minimum atomic E-state index is 0.525. The maximum absolute atomic E-state index is 6.07. The summed E-state index contributed by atoms with van der Waals surface area (Å²) in [5.74, 6) is 0.698. The van der Waals surface area contributed by atoms with Gasteiger partial charge in [-0.25, -0.2) is 0 Å². The van der Waals surface area contributed by atoms with Gasteiger partial charge in [-0.2, -0.15) is 0 Å². The first-order valence-electron chi connectivity index (χ1n) is 5.70. The topological polar surface area (TPSA) is 9.23 Å². The van der Waals surface area contributed by atoms with Crippen molar-refractivity contribution in [3.05, 3.63) is 62.6 Å². The second-order valence-corrected chi connectivity index (χ2v) is 5.60. The SMILES string of the molecule is Cc1ccc(COc2cc(Br)ccc2Cl)cc1C. The molecule has 0 amide bonds. The van der Waals surface area contributed by atoms with E-state index in [1.54, 1.807) is 0 Å². The summed E-state index contributed by atoms with van der Waals surface area (Å²) in [4.78, 5) is 0. The van der Waals surface area contributed by atoms with Crippen LogP contribution in [0.1, 0.15) is 16.7 Å². The van der Waals surface area contributed by atoms with Crippen molar-refractivity contribution in [2.75, 3.05) is 0 Å². The number of hydrogen-bond acceptors (Lipinski definition) is 1. The molecule has 94 valence electrons. The van der Waals surface area contributed by atoms with Crippen LogP contribution in [0.25, 0.3) is 0 Å². The molecular formula is C15H14BrClO. The number of halogens is 2. The highest BCUT2D eigenvalue weighted by Gasteiger charge is 2.03. The van der Waals surface area contributed by atoms with Gasteiger partial charge in [-0.05, 0) is 48.7 Å². The zero-order valence-corrected chi connectivity index (χ0v) is 12.7. The van der Waals surface area contributed by atoms with Crippen molar-refractivity contribution in [3.8, 4) is 5.75 Å². The van der Waals surface area contributed by atoms with Crippen molar-refractivity contribution >= 4 is 27.5 Å². The minimum Gasteiger partial charge on any atom is -0.487 e. The number of rotatable bonds is 3. The molecule has 0 heterocycles. The van der Waals surface area contributed by atoms with Crippen LogP contribution in [0, 0.1) is 13.8 Å². The Balaban J connectivity index is 2.11. The molecule has 0 saturated carbocycles. The molecule has 0 aliphatic heterocycles. The number of aryl methyl sites for hydroxylation is 2. The van der Waals surface area contributed by atoms with E-state index in [9.17, 15) is 0 Å². The molecule has 2 aromatic rings. The van der Waals surface area contributed by atoms with Gasteiger partial charge < -0.3 is 4.74 Å². The van der Waals surface area contributed by atoms with Gasteiger partial charge in [0.1, 0.15) is 12.4 Å². The average Bonchev–Trinajstić information content (AvgIpc) is 2.34. The van der Waals surface area contributed by atoms with Crippen LogP contribution in [-0.2, 0) is 6.61 Å². The predicted molar refractivity (Wildman–Crippen MR) is 79.4 cm³/mol. The second-order valence-electron chi connectivity index (χ2n) is 4.28. The normalized spacial score (nSPS) is 10.4. The van der Waals surface area contributed by atoms with Gasteiger partial charge >= 0.3 is 0 Å². The average molecular weight is 326 g/mol. The second kappa shape index (κ2) is 5.77. The summed E-state index contributed by atoms with van der Waals surface area (Å²) in [6.07, 6.45) is 0. The van der Waals surface area contributed by atoms with Crippen molar-refractivity contribution in [2.45, 2.75) is 20.5 Å². The van der Waals surface area contributed by atoms with E-state index in [2.05, 4.69) is 48.0 Å². The van der Waals surface area contributed by atoms with Crippen LogP contribution in [-0.4, -0.2) is 0 Å². The lowest BCUT2D eigenvalue weighted by atomic mass is 10.1. The zero-order valence-electron chi connectivity index (χ0n) is 10.3. The van der Waals surface area contributed by atoms with Crippen molar-refractivity contribution in [1.29, 1.82) is 0 Å². The molecule has 0 bridgehead atoms. The van der Waals surface area contributed by atoms with Gasteiger partial charge in [-0.1, -0.05) is 45.7 Å². The molecule has 0 aromatic heterocycles. The first-order chi connectivity index (χ1) is 8.56. The Morgan fingerprint density at radius 3 is 2.56 bits per heavy atom. The van der Waals surface area contributed by atoms with Gasteiger partial charge in [-0.15, -0.1) is 0 Å². The molecule has 18 heavy (non-hydrogen) atoms. The minimum absolute atomic E-state index is 0.525. The lowest BCUT2D eigenvalue weighted by Crippen LogP contribution is -1.97. The third-order valence-electron chi connectivity index (χ3n) is 2.86. The number of benzene rings is 2. The van der Waals surface area contributed by atoms with E-state index in [1.807, 2.05) is 18.2 Å². The fraction of sp³-hybridized carbons (Fsp3) is 0.200. The molecule has 0 aliphatic rings. The Hall–Kier alpha value is -0.990. The third kappa shape index (κ3) is 3.27. The summed E-state index contributed by atoms with van der Waals surface area (Å²) in [6, 6.07) is 11.9. The molecule has 0 saturated heterocycles. The van der Waals surface area contributed by atoms with Crippen LogP contribution >= 0.6 is 27.5 Å². The Morgan fingerprint density at radius 2 is 1.83 bits per heavy atom. The van der Waals surface area contributed by atoms with Crippen molar-refractivity contribution in [3.63, 3.8) is 0 Å². The highest BCUT2D eigenvalue weighted by atomic mass is 79.9. The van der Waals surface area contributed by atoms with E-state index < -0.39 is 0 Å². The van der Waals surface area contributed by atoms with Crippen LogP contribution in [0.2, 0.25) is 5.02 Å². The molecule has 0 N–H and O–H groups in total. The summed E-state index contributed by atoms with van der Waals surface area (Å²) < 4.78 is 6.70. The van der Waals surface area contributed by atoms with Gasteiger partial charge in [0.05, 0.1) is 5.02 Å². The fourth-order valence-corrected chi connectivity index (χ4v) is 2.15. The maximum Gasteiger partial charge on any atom is 0.139 e. The first-order valence-corrected chi connectivity index (χ1v) is 6.87. The van der Waals surface area contributed by atoms with Crippen molar-refractivity contribution in [2.24, 2.45) is 0 Å². The van der Waals surface area contributed by atoms with Crippen LogP contribution in [0.4, 0.5) is 0 Å². The lowest BCUT2D eigenvalue weighted by molar-refractivity contribution is 0.306. The third-order valence-corrected chi connectivity index (χ3v) is 3.66. The summed E-state index contributed by atoms with van der Waals surface area (Å²) in [6.45, 7) is 4.73. The molecule has 0 unspecified atom stereocenters. The molecular weight excluding hydrogens is 312 g/mol. The quantitative estimate of drug-likeness (QED) is 0.744. The molecule has 2 rings (SSSR count). The van der Waals surface area contributed by atoms with Crippen molar-refractivity contribution < 1.29 is 4.74 Å². The van der Waals surface area contributed by atoms with E-state index >= 15 is 0 Å². The van der Waals surface area contributed by atoms with Gasteiger partial charge in [0.25, 0.3) is 0 Å². The van der Waals surface area contributed by atoms with Crippen LogP contribution in [0.15, 0.2) is 40.9 Å². The van der Waals surface area contributed by atoms with E-state index in [1.165, 1.54) is 11.1 Å². The molecule has 1 nitrogen and oxygen atoms in total. The highest BCUT2D eigenvalue weighted by Crippen LogP contribution is 2.28. The molecule has 0 atom stereocenters. The van der Waals surface area contributed by atoms with E-state index in [0.29, 0.717) is 17.4 Å². The van der Waals surface area contributed by atoms with Gasteiger partial charge in [0, 0.05) is 4.47 Å². The summed E-state index contributed by atoms with van der Waals surface area (Å²) >= 11 is 9.48. The fourth-order valence-electron chi connectivity index (χ4n) is 1.64. The van der Waals surface area contributed by atoms with E-state index in [-0.39, 0.29) is 0 Å². The lowest BCUT2D eigenvalue weighted by Gasteiger charge is -2.10. The molecule has 0 fully saturated rings. The summed E-state index contributed by atoms with van der Waals surface area (Å²) in [5, 5.41) is 0.627. The van der Waals surface area contributed by atoms with Gasteiger partial charge in [-0.3, -0.25) is 0 Å². The van der Waals surface area contributed by atoms with Crippen LogP contribution in [0.3, 0.4) is 0 Å². The molecule has 0 aliphatic carbocycles. The molecule has 3 heteroatoms. The Morgan fingerprint density at radius 1 is 1.06 bits per heavy atom. The maximum atomic E-state index is 6.07. The number of hydrogen-bond donors (Lipinski definition) is 0. The largest absolute Gasteiger partial charge is 0.487 e.